The van der Waals surface area contributed by atoms with Crippen molar-refractivity contribution in [3.05, 3.63) is 59.7 Å². The van der Waals surface area contributed by atoms with Gasteiger partial charge in [0.25, 0.3) is 0 Å². The van der Waals surface area contributed by atoms with E-state index in [9.17, 15) is 14.4 Å². The van der Waals surface area contributed by atoms with Gasteiger partial charge in [0.05, 0.1) is 5.56 Å². The van der Waals surface area contributed by atoms with Crippen LogP contribution in [0.1, 0.15) is 29.8 Å². The van der Waals surface area contributed by atoms with Gasteiger partial charge in [-0.05, 0) is 31.5 Å². The summed E-state index contributed by atoms with van der Waals surface area (Å²) in [5, 5.41) is 0. The minimum atomic E-state index is -0.535. The molecule has 0 spiro atoms. The first-order valence-electron chi connectivity index (χ1n) is 7.22. The topological polar surface area (TPSA) is 78.9 Å². The number of hydrogen-bond donors (Lipinski definition) is 0. The Hall–Kier alpha value is -2.89. The van der Waals surface area contributed by atoms with E-state index < -0.39 is 17.9 Å². The van der Waals surface area contributed by atoms with E-state index in [1.165, 1.54) is 6.92 Å². The van der Waals surface area contributed by atoms with Crippen LogP contribution in [0.2, 0.25) is 0 Å². The molecule has 128 valence electrons. The summed E-state index contributed by atoms with van der Waals surface area (Å²) in [6, 6.07) is 6.44. The molecule has 0 unspecified atom stereocenters. The Morgan fingerprint density at radius 1 is 0.833 bits per heavy atom. The molecule has 0 bridgehead atoms. The van der Waals surface area contributed by atoms with Crippen LogP contribution in [0.5, 0.6) is 0 Å². The number of carbonyl (C=O) groups excluding carboxylic acids is 3. The van der Waals surface area contributed by atoms with Gasteiger partial charge in [-0.25, -0.2) is 14.4 Å². The van der Waals surface area contributed by atoms with E-state index in [0.29, 0.717) is 11.1 Å². The summed E-state index contributed by atoms with van der Waals surface area (Å²) in [5.74, 6) is -1.53. The third-order valence-corrected chi connectivity index (χ3v) is 2.81. The average Bonchev–Trinajstić information content (AvgIpc) is 2.56. The van der Waals surface area contributed by atoms with E-state index in [1.54, 1.807) is 31.2 Å². The molecule has 1 aromatic rings. The molecule has 0 saturated heterocycles. The third-order valence-electron chi connectivity index (χ3n) is 2.81. The highest BCUT2D eigenvalue weighted by Gasteiger charge is 2.09. The fourth-order valence-electron chi connectivity index (χ4n) is 1.48. The van der Waals surface area contributed by atoms with Crippen molar-refractivity contribution < 1.29 is 28.6 Å². The van der Waals surface area contributed by atoms with Crippen molar-refractivity contribution in [1.29, 1.82) is 0 Å². The molecule has 0 aliphatic carbocycles. The Labute approximate surface area is 140 Å². The largest absolute Gasteiger partial charge is 0.459 e. The van der Waals surface area contributed by atoms with Gasteiger partial charge < -0.3 is 14.2 Å². The number of carbonyl (C=O) groups is 3. The molecular weight excluding hydrogens is 312 g/mol. The Morgan fingerprint density at radius 2 is 1.33 bits per heavy atom. The van der Waals surface area contributed by atoms with Crippen LogP contribution in [0.25, 0.3) is 0 Å². The zero-order valence-corrected chi connectivity index (χ0v) is 13.8. The lowest BCUT2D eigenvalue weighted by atomic mass is 10.1. The second-order valence-corrected chi connectivity index (χ2v) is 5.11. The van der Waals surface area contributed by atoms with Gasteiger partial charge >= 0.3 is 17.9 Å². The van der Waals surface area contributed by atoms with Crippen molar-refractivity contribution in [2.24, 2.45) is 0 Å². The zero-order valence-electron chi connectivity index (χ0n) is 13.8. The molecule has 0 aliphatic heterocycles. The highest BCUT2D eigenvalue weighted by atomic mass is 16.6. The fraction of sp³-hybridized carbons (Fsp3) is 0.278. The fourth-order valence-corrected chi connectivity index (χ4v) is 1.48. The van der Waals surface area contributed by atoms with Gasteiger partial charge in [-0.15, -0.1) is 0 Å². The minimum Gasteiger partial charge on any atom is -0.459 e. The van der Waals surface area contributed by atoms with Crippen LogP contribution in [-0.2, 0) is 30.4 Å². The Balaban J connectivity index is 2.40. The van der Waals surface area contributed by atoms with E-state index in [4.69, 9.17) is 14.2 Å². The first-order valence-corrected chi connectivity index (χ1v) is 7.22. The van der Waals surface area contributed by atoms with E-state index in [-0.39, 0.29) is 25.4 Å². The molecule has 6 heteroatoms. The van der Waals surface area contributed by atoms with Crippen LogP contribution in [0.3, 0.4) is 0 Å². The van der Waals surface area contributed by atoms with E-state index in [0.717, 1.165) is 5.56 Å². The average molecular weight is 332 g/mol. The summed E-state index contributed by atoms with van der Waals surface area (Å²) in [7, 11) is 0. The van der Waals surface area contributed by atoms with Gasteiger partial charge in [0.15, 0.2) is 0 Å². The summed E-state index contributed by atoms with van der Waals surface area (Å²) in [6.07, 6.45) is 0. The lowest BCUT2D eigenvalue weighted by molar-refractivity contribution is -0.140. The molecule has 0 aliphatic rings. The van der Waals surface area contributed by atoms with Crippen molar-refractivity contribution >= 4 is 17.9 Å². The smallest absolute Gasteiger partial charge is 0.338 e. The normalized spacial score (nSPS) is 9.75. The van der Waals surface area contributed by atoms with Gasteiger partial charge in [-0.3, -0.25) is 0 Å². The number of benzene rings is 1. The highest BCUT2D eigenvalue weighted by molar-refractivity contribution is 5.89. The summed E-state index contributed by atoms with van der Waals surface area (Å²) in [4.78, 5) is 34.2. The summed E-state index contributed by atoms with van der Waals surface area (Å²) < 4.78 is 14.8. The lowest BCUT2D eigenvalue weighted by Gasteiger charge is -2.07. The minimum absolute atomic E-state index is 0.0353. The van der Waals surface area contributed by atoms with Gasteiger partial charge in [0.1, 0.15) is 19.8 Å². The highest BCUT2D eigenvalue weighted by Crippen LogP contribution is 2.08. The van der Waals surface area contributed by atoms with Crippen molar-refractivity contribution in [2.45, 2.75) is 20.5 Å². The van der Waals surface area contributed by atoms with Crippen molar-refractivity contribution in [3.63, 3.8) is 0 Å². The van der Waals surface area contributed by atoms with E-state index in [2.05, 4.69) is 13.2 Å². The monoisotopic (exact) mass is 332 g/mol. The standard InChI is InChI=1S/C18H20O6/c1-12(2)16(19)22-9-10-23-18(21)15-7-5-14(6-8-15)11-24-17(20)13(3)4/h5-8H,1,3,9-11H2,2,4H3. The SMILES string of the molecule is C=C(C)C(=O)OCCOC(=O)c1ccc(COC(=O)C(=C)C)cc1. The molecule has 0 N–H and O–H groups in total. The van der Waals surface area contributed by atoms with E-state index >= 15 is 0 Å². The van der Waals surface area contributed by atoms with Crippen LogP contribution in [0.15, 0.2) is 48.6 Å². The maximum absolute atomic E-state index is 11.8. The van der Waals surface area contributed by atoms with Gasteiger partial charge in [0, 0.05) is 11.1 Å². The maximum Gasteiger partial charge on any atom is 0.338 e. The van der Waals surface area contributed by atoms with Crippen LogP contribution >= 0.6 is 0 Å². The zero-order chi connectivity index (χ0) is 18.1. The molecule has 1 aromatic carbocycles. The van der Waals surface area contributed by atoms with Gasteiger partial charge in [-0.1, -0.05) is 25.3 Å². The second-order valence-electron chi connectivity index (χ2n) is 5.11. The molecule has 0 heterocycles. The molecule has 0 atom stereocenters. The number of hydrogen-bond acceptors (Lipinski definition) is 6. The van der Waals surface area contributed by atoms with E-state index in [1.807, 2.05) is 0 Å². The summed E-state index contributed by atoms with van der Waals surface area (Å²) in [6.45, 7) is 10.0. The molecule has 0 amide bonds. The molecule has 0 saturated carbocycles. The van der Waals surface area contributed by atoms with Crippen LogP contribution in [-0.4, -0.2) is 31.1 Å². The molecular formula is C18H20O6. The first-order chi connectivity index (χ1) is 11.3. The Morgan fingerprint density at radius 3 is 1.88 bits per heavy atom. The molecule has 6 nitrogen and oxygen atoms in total. The molecule has 0 radical (unpaired) electrons. The van der Waals surface area contributed by atoms with Crippen molar-refractivity contribution in [3.8, 4) is 0 Å². The molecule has 24 heavy (non-hydrogen) atoms. The quantitative estimate of drug-likeness (QED) is 0.315. The van der Waals surface area contributed by atoms with Crippen LogP contribution in [0, 0.1) is 0 Å². The van der Waals surface area contributed by atoms with Crippen molar-refractivity contribution in [1.82, 2.24) is 0 Å². The first kappa shape index (κ1) is 19.2. The number of ether oxygens (including phenoxy) is 3. The lowest BCUT2D eigenvalue weighted by Crippen LogP contribution is -2.14. The number of esters is 3. The second kappa shape index (κ2) is 9.29. The Bertz CT molecular complexity index is 642. The predicted molar refractivity (Wildman–Crippen MR) is 87.1 cm³/mol. The van der Waals surface area contributed by atoms with Gasteiger partial charge in [-0.2, -0.15) is 0 Å². The maximum atomic E-state index is 11.8. The summed E-state index contributed by atoms with van der Waals surface area (Å²) >= 11 is 0. The third kappa shape index (κ3) is 6.48. The molecule has 1 rings (SSSR count). The number of rotatable bonds is 8. The van der Waals surface area contributed by atoms with Crippen molar-refractivity contribution in [2.75, 3.05) is 13.2 Å². The van der Waals surface area contributed by atoms with Crippen LogP contribution < -0.4 is 0 Å². The van der Waals surface area contributed by atoms with Crippen LogP contribution in [0.4, 0.5) is 0 Å². The molecule has 0 fully saturated rings. The predicted octanol–water partition coefficient (Wildman–Crippen LogP) is 2.58. The molecule has 0 aromatic heterocycles. The van der Waals surface area contributed by atoms with Gasteiger partial charge in [0.2, 0.25) is 0 Å². The Kier molecular flexibility index (Phi) is 7.42. The summed E-state index contributed by atoms with van der Waals surface area (Å²) in [5.41, 5.74) is 1.68.